The van der Waals surface area contributed by atoms with Crippen LogP contribution in [-0.2, 0) is 14.3 Å². The number of esters is 1. The molecule has 0 spiro atoms. The number of benzene rings is 1. The summed E-state index contributed by atoms with van der Waals surface area (Å²) in [5, 5.41) is 2.97. The van der Waals surface area contributed by atoms with Gasteiger partial charge in [-0.25, -0.2) is 4.79 Å². The molecule has 33 heavy (non-hydrogen) atoms. The van der Waals surface area contributed by atoms with E-state index in [0.29, 0.717) is 24.0 Å². The van der Waals surface area contributed by atoms with E-state index in [1.807, 2.05) is 11.8 Å². The first-order chi connectivity index (χ1) is 16.0. The number of likely N-dealkylation sites (tertiary alicyclic amines) is 1. The van der Waals surface area contributed by atoms with E-state index in [1.54, 1.807) is 12.1 Å². The van der Waals surface area contributed by atoms with Crippen LogP contribution in [0.1, 0.15) is 69.2 Å². The lowest BCUT2D eigenvalue weighted by molar-refractivity contribution is -0.134. The highest BCUT2D eigenvalue weighted by Crippen LogP contribution is 2.29. The summed E-state index contributed by atoms with van der Waals surface area (Å²) in [5.74, 6) is 0.226. The van der Waals surface area contributed by atoms with Crippen molar-refractivity contribution in [1.29, 1.82) is 0 Å². The Kier molecular flexibility index (Phi) is 9.39. The summed E-state index contributed by atoms with van der Waals surface area (Å²) < 4.78 is 16.5. The van der Waals surface area contributed by atoms with Crippen molar-refractivity contribution in [3.63, 3.8) is 0 Å². The summed E-state index contributed by atoms with van der Waals surface area (Å²) >= 11 is 0. The average molecular weight is 461 g/mol. The molecule has 1 aliphatic carbocycles. The van der Waals surface area contributed by atoms with Gasteiger partial charge in [-0.05, 0) is 63.1 Å². The smallest absolute Gasteiger partial charge is 0.338 e. The molecule has 8 nitrogen and oxygen atoms in total. The van der Waals surface area contributed by atoms with E-state index >= 15 is 0 Å². The minimum atomic E-state index is -0.612. The summed E-state index contributed by atoms with van der Waals surface area (Å²) in [6.45, 7) is 5.45. The third-order valence-corrected chi connectivity index (χ3v) is 6.33. The predicted molar refractivity (Wildman–Crippen MR) is 123 cm³/mol. The van der Waals surface area contributed by atoms with Crippen molar-refractivity contribution in [1.82, 2.24) is 10.2 Å². The number of nitrogens with zero attached hydrogens (tertiary/aromatic N) is 1. The Labute approximate surface area is 195 Å². The molecule has 2 atom stereocenters. The molecule has 1 aromatic carbocycles. The Hall–Kier alpha value is -2.77. The molecule has 1 N–H and O–H groups in total. The SMILES string of the molecule is CCOc1cc(C(=O)OCC(=O)N[C@H]2CCCC[C@@H]2C)ccc1OCC(=O)N1CCCCC1. The van der Waals surface area contributed by atoms with E-state index in [2.05, 4.69) is 12.2 Å². The van der Waals surface area contributed by atoms with Crippen molar-refractivity contribution in [3.8, 4) is 11.5 Å². The number of nitrogens with one attached hydrogen (secondary N) is 1. The lowest BCUT2D eigenvalue weighted by atomic mass is 9.86. The van der Waals surface area contributed by atoms with Gasteiger partial charge < -0.3 is 24.4 Å². The number of carbonyl (C=O) groups excluding carboxylic acids is 3. The minimum Gasteiger partial charge on any atom is -0.490 e. The zero-order chi connectivity index (χ0) is 23.6. The molecule has 8 heteroatoms. The minimum absolute atomic E-state index is 0.0565. The quantitative estimate of drug-likeness (QED) is 0.568. The van der Waals surface area contributed by atoms with Crippen molar-refractivity contribution < 1.29 is 28.6 Å². The molecule has 1 heterocycles. The highest BCUT2D eigenvalue weighted by atomic mass is 16.5. The lowest BCUT2D eigenvalue weighted by Crippen LogP contribution is -2.42. The highest BCUT2D eigenvalue weighted by Gasteiger charge is 2.23. The maximum Gasteiger partial charge on any atom is 0.338 e. The van der Waals surface area contributed by atoms with Gasteiger partial charge in [0.2, 0.25) is 0 Å². The van der Waals surface area contributed by atoms with Gasteiger partial charge in [0.25, 0.3) is 11.8 Å². The summed E-state index contributed by atoms with van der Waals surface area (Å²) in [5.41, 5.74) is 0.256. The summed E-state index contributed by atoms with van der Waals surface area (Å²) in [6, 6.07) is 4.80. The molecule has 182 valence electrons. The van der Waals surface area contributed by atoms with Crippen LogP contribution in [0.3, 0.4) is 0 Å². The fourth-order valence-corrected chi connectivity index (χ4v) is 4.39. The molecule has 2 aliphatic rings. The fraction of sp³-hybridized carbons (Fsp3) is 0.640. The van der Waals surface area contributed by atoms with E-state index < -0.39 is 5.97 Å². The molecule has 1 aromatic rings. The molecular weight excluding hydrogens is 424 g/mol. The van der Waals surface area contributed by atoms with Crippen LogP contribution in [0.5, 0.6) is 11.5 Å². The normalized spacial score (nSPS) is 20.6. The van der Waals surface area contributed by atoms with Crippen molar-refractivity contribution in [2.75, 3.05) is 32.9 Å². The van der Waals surface area contributed by atoms with Gasteiger partial charge in [0.15, 0.2) is 24.7 Å². The fourth-order valence-electron chi connectivity index (χ4n) is 4.39. The zero-order valence-corrected chi connectivity index (χ0v) is 19.8. The van der Waals surface area contributed by atoms with Crippen LogP contribution in [0.15, 0.2) is 18.2 Å². The third-order valence-electron chi connectivity index (χ3n) is 6.33. The van der Waals surface area contributed by atoms with Crippen LogP contribution >= 0.6 is 0 Å². The van der Waals surface area contributed by atoms with Gasteiger partial charge in [0.1, 0.15) is 0 Å². The van der Waals surface area contributed by atoms with Crippen molar-refractivity contribution in [2.24, 2.45) is 5.92 Å². The van der Waals surface area contributed by atoms with Crippen LogP contribution in [0, 0.1) is 5.92 Å². The number of hydrogen-bond acceptors (Lipinski definition) is 6. The number of carbonyl (C=O) groups is 3. The first kappa shape index (κ1) is 24.9. The monoisotopic (exact) mass is 460 g/mol. The highest BCUT2D eigenvalue weighted by molar-refractivity contribution is 5.92. The van der Waals surface area contributed by atoms with Crippen LogP contribution in [-0.4, -0.2) is 61.6 Å². The van der Waals surface area contributed by atoms with Crippen LogP contribution in [0.4, 0.5) is 0 Å². The Morgan fingerprint density at radius 3 is 2.45 bits per heavy atom. The first-order valence-electron chi connectivity index (χ1n) is 12.1. The number of ether oxygens (including phenoxy) is 3. The molecule has 0 radical (unpaired) electrons. The Morgan fingerprint density at radius 2 is 1.73 bits per heavy atom. The van der Waals surface area contributed by atoms with Crippen molar-refractivity contribution in [3.05, 3.63) is 23.8 Å². The third kappa shape index (κ3) is 7.37. The standard InChI is InChI=1S/C25H36N2O6/c1-3-31-22-15-19(11-12-21(22)32-17-24(29)27-13-7-4-8-14-27)25(30)33-16-23(28)26-20-10-6-5-9-18(20)2/h11-12,15,18,20H,3-10,13-14,16-17H2,1-2H3,(H,26,28)/t18-,20-/m0/s1. The van der Waals surface area contributed by atoms with E-state index in [4.69, 9.17) is 14.2 Å². The molecular formula is C25H36N2O6. The molecule has 0 aromatic heterocycles. The summed E-state index contributed by atoms with van der Waals surface area (Å²) in [7, 11) is 0. The topological polar surface area (TPSA) is 94.2 Å². The maximum absolute atomic E-state index is 12.5. The Bertz CT molecular complexity index is 821. The Balaban J connectivity index is 1.53. The molecule has 0 bridgehead atoms. The maximum atomic E-state index is 12.5. The van der Waals surface area contributed by atoms with Crippen LogP contribution in [0.2, 0.25) is 0 Å². The number of amides is 2. The molecule has 1 saturated carbocycles. The average Bonchev–Trinajstić information content (AvgIpc) is 2.83. The van der Waals surface area contributed by atoms with Gasteiger partial charge in [-0.1, -0.05) is 19.8 Å². The molecule has 1 aliphatic heterocycles. The number of hydrogen-bond donors (Lipinski definition) is 1. The largest absolute Gasteiger partial charge is 0.490 e. The van der Waals surface area contributed by atoms with Gasteiger partial charge in [0.05, 0.1) is 12.2 Å². The van der Waals surface area contributed by atoms with Crippen molar-refractivity contribution in [2.45, 2.75) is 64.8 Å². The van der Waals surface area contributed by atoms with Crippen LogP contribution < -0.4 is 14.8 Å². The molecule has 0 unspecified atom stereocenters. The van der Waals surface area contributed by atoms with Gasteiger partial charge in [0, 0.05) is 19.1 Å². The molecule has 2 fully saturated rings. The van der Waals surface area contributed by atoms with Gasteiger partial charge in [-0.15, -0.1) is 0 Å². The van der Waals surface area contributed by atoms with Gasteiger partial charge in [-0.2, -0.15) is 0 Å². The predicted octanol–water partition coefficient (Wildman–Crippen LogP) is 3.33. The van der Waals surface area contributed by atoms with E-state index in [-0.39, 0.29) is 36.6 Å². The second kappa shape index (κ2) is 12.5. The summed E-state index contributed by atoms with van der Waals surface area (Å²) in [4.78, 5) is 38.9. The van der Waals surface area contributed by atoms with Crippen molar-refractivity contribution >= 4 is 17.8 Å². The molecule has 2 amide bonds. The number of piperidine rings is 1. The second-order valence-corrected chi connectivity index (χ2v) is 8.84. The lowest BCUT2D eigenvalue weighted by Gasteiger charge is -2.29. The Morgan fingerprint density at radius 1 is 0.970 bits per heavy atom. The zero-order valence-electron chi connectivity index (χ0n) is 19.8. The first-order valence-corrected chi connectivity index (χ1v) is 12.1. The van der Waals surface area contributed by atoms with E-state index in [9.17, 15) is 14.4 Å². The van der Waals surface area contributed by atoms with Crippen LogP contribution in [0.25, 0.3) is 0 Å². The van der Waals surface area contributed by atoms with E-state index in [0.717, 1.165) is 51.6 Å². The second-order valence-electron chi connectivity index (χ2n) is 8.84. The molecule has 3 rings (SSSR count). The van der Waals surface area contributed by atoms with Gasteiger partial charge >= 0.3 is 5.97 Å². The summed E-state index contributed by atoms with van der Waals surface area (Å²) in [6.07, 6.45) is 7.54. The van der Waals surface area contributed by atoms with Gasteiger partial charge in [-0.3, -0.25) is 9.59 Å². The molecule has 1 saturated heterocycles. The van der Waals surface area contributed by atoms with E-state index in [1.165, 1.54) is 12.5 Å². The number of rotatable bonds is 9.